The van der Waals surface area contributed by atoms with E-state index in [1.807, 2.05) is 12.1 Å². The van der Waals surface area contributed by atoms with Crippen LogP contribution in [0.5, 0.6) is 17.2 Å². The first-order chi connectivity index (χ1) is 18.7. The first kappa shape index (κ1) is 26.5. The average molecular weight is 540 g/mol. The van der Waals surface area contributed by atoms with Crippen molar-refractivity contribution in [3.63, 3.8) is 0 Å². The van der Waals surface area contributed by atoms with Gasteiger partial charge in [0.15, 0.2) is 11.5 Å². The summed E-state index contributed by atoms with van der Waals surface area (Å²) in [7, 11) is 1.57. The van der Waals surface area contributed by atoms with Gasteiger partial charge in [-0.05, 0) is 92.0 Å². The summed E-state index contributed by atoms with van der Waals surface area (Å²) in [6.07, 6.45) is -2.13. The summed E-state index contributed by atoms with van der Waals surface area (Å²) in [5, 5.41) is 21.2. The van der Waals surface area contributed by atoms with E-state index in [2.05, 4.69) is 25.4 Å². The third-order valence-corrected chi connectivity index (χ3v) is 6.65. The second-order valence-corrected chi connectivity index (χ2v) is 9.41. The quantitative estimate of drug-likeness (QED) is 0.284. The van der Waals surface area contributed by atoms with Gasteiger partial charge in [0.2, 0.25) is 5.95 Å². The number of hydrogen-bond donors (Lipinski definition) is 2. The number of anilines is 2. The van der Waals surface area contributed by atoms with E-state index < -0.39 is 11.7 Å². The van der Waals surface area contributed by atoms with Gasteiger partial charge in [-0.3, -0.25) is 4.90 Å². The molecule has 1 fully saturated rings. The minimum Gasteiger partial charge on any atom is -0.508 e. The monoisotopic (exact) mass is 539 g/mol. The Balaban J connectivity index is 1.36. The standard InChI is InChI=1S/C28H28F3N5O3/c1-17-13-18(21-16-20(37)6-7-22(21)28(29,30)31)14-23-26(17)33-27(35-34-23)32-19-5-8-24(25(15-19)38-2)39-12-11-36-9-3-4-10-36/h5-8,13-16,37H,3-4,9-12H2,1-2H3,(H,32,33,35). The summed E-state index contributed by atoms with van der Waals surface area (Å²) in [6, 6.07) is 11.4. The number of hydrogen-bond acceptors (Lipinski definition) is 8. The molecule has 0 unspecified atom stereocenters. The van der Waals surface area contributed by atoms with Crippen LogP contribution in [0.4, 0.5) is 24.8 Å². The number of likely N-dealkylation sites (tertiary alicyclic amines) is 1. The maximum Gasteiger partial charge on any atom is 0.417 e. The lowest BCUT2D eigenvalue weighted by molar-refractivity contribution is -0.137. The van der Waals surface area contributed by atoms with E-state index in [0.29, 0.717) is 40.4 Å². The van der Waals surface area contributed by atoms with Gasteiger partial charge in [0.05, 0.1) is 18.2 Å². The fourth-order valence-corrected chi connectivity index (χ4v) is 4.72. The highest BCUT2D eigenvalue weighted by molar-refractivity contribution is 5.86. The van der Waals surface area contributed by atoms with E-state index >= 15 is 0 Å². The molecule has 204 valence electrons. The molecule has 0 atom stereocenters. The first-order valence-electron chi connectivity index (χ1n) is 12.6. The van der Waals surface area contributed by atoms with Gasteiger partial charge in [0.1, 0.15) is 17.9 Å². The van der Waals surface area contributed by atoms with E-state index in [-0.39, 0.29) is 22.8 Å². The Kier molecular flexibility index (Phi) is 7.42. The number of ether oxygens (including phenoxy) is 2. The number of nitrogens with one attached hydrogen (secondary N) is 1. The number of aryl methyl sites for hydroxylation is 1. The van der Waals surface area contributed by atoms with Gasteiger partial charge in [-0.15, -0.1) is 10.2 Å². The number of aromatic hydroxyl groups is 1. The van der Waals surface area contributed by atoms with Crippen LogP contribution in [0.3, 0.4) is 0 Å². The number of fused-ring (bicyclic) bond motifs is 1. The molecule has 0 radical (unpaired) electrons. The van der Waals surface area contributed by atoms with Gasteiger partial charge in [0.25, 0.3) is 0 Å². The molecule has 0 saturated carbocycles. The van der Waals surface area contributed by atoms with Crippen molar-refractivity contribution < 1.29 is 27.8 Å². The molecule has 1 saturated heterocycles. The zero-order chi connectivity index (χ0) is 27.6. The molecule has 1 aliphatic rings. The Morgan fingerprint density at radius 1 is 1.00 bits per heavy atom. The number of halogens is 3. The van der Waals surface area contributed by atoms with Crippen LogP contribution >= 0.6 is 0 Å². The van der Waals surface area contributed by atoms with Gasteiger partial charge in [-0.2, -0.15) is 13.2 Å². The largest absolute Gasteiger partial charge is 0.508 e. The molecule has 0 bridgehead atoms. The summed E-state index contributed by atoms with van der Waals surface area (Å²) in [5.41, 5.74) is 1.33. The maximum absolute atomic E-state index is 13.6. The van der Waals surface area contributed by atoms with Gasteiger partial charge in [0, 0.05) is 18.3 Å². The molecule has 3 aromatic carbocycles. The van der Waals surface area contributed by atoms with Crippen LogP contribution in [-0.4, -0.2) is 58.5 Å². The van der Waals surface area contributed by atoms with E-state index in [1.165, 1.54) is 18.9 Å². The van der Waals surface area contributed by atoms with Crippen molar-refractivity contribution in [2.24, 2.45) is 0 Å². The molecule has 1 aromatic heterocycles. The molecule has 2 N–H and O–H groups in total. The number of phenolic OH excluding ortho intramolecular Hbond substituents is 1. The van der Waals surface area contributed by atoms with Gasteiger partial charge in [-0.25, -0.2) is 4.98 Å². The first-order valence-corrected chi connectivity index (χ1v) is 12.6. The Morgan fingerprint density at radius 3 is 2.54 bits per heavy atom. The summed E-state index contributed by atoms with van der Waals surface area (Å²) in [6.45, 7) is 5.37. The highest BCUT2D eigenvalue weighted by Crippen LogP contribution is 2.40. The maximum atomic E-state index is 13.6. The van der Waals surface area contributed by atoms with E-state index in [1.54, 1.807) is 26.2 Å². The topological polar surface area (TPSA) is 92.6 Å². The Hall–Kier alpha value is -4.12. The fourth-order valence-electron chi connectivity index (χ4n) is 4.72. The van der Waals surface area contributed by atoms with Crippen LogP contribution in [-0.2, 0) is 6.18 Å². The van der Waals surface area contributed by atoms with Crippen molar-refractivity contribution in [1.29, 1.82) is 0 Å². The predicted molar refractivity (Wildman–Crippen MR) is 142 cm³/mol. The Morgan fingerprint density at radius 2 is 1.79 bits per heavy atom. The smallest absolute Gasteiger partial charge is 0.417 e. The molecule has 0 spiro atoms. The molecule has 4 aromatic rings. The minimum atomic E-state index is -4.58. The number of benzene rings is 3. The van der Waals surface area contributed by atoms with Crippen LogP contribution in [0.1, 0.15) is 24.0 Å². The van der Waals surface area contributed by atoms with Gasteiger partial charge < -0.3 is 19.9 Å². The van der Waals surface area contributed by atoms with Crippen molar-refractivity contribution in [2.75, 3.05) is 38.7 Å². The van der Waals surface area contributed by atoms with Crippen LogP contribution in [0.25, 0.3) is 22.2 Å². The summed E-state index contributed by atoms with van der Waals surface area (Å²) >= 11 is 0. The molecule has 39 heavy (non-hydrogen) atoms. The van der Waals surface area contributed by atoms with Crippen LogP contribution < -0.4 is 14.8 Å². The Bertz CT molecular complexity index is 1490. The van der Waals surface area contributed by atoms with E-state index in [9.17, 15) is 18.3 Å². The molecule has 8 nitrogen and oxygen atoms in total. The zero-order valence-corrected chi connectivity index (χ0v) is 21.5. The average Bonchev–Trinajstić information content (AvgIpc) is 3.42. The lowest BCUT2D eigenvalue weighted by Gasteiger charge is -2.17. The number of alkyl halides is 3. The number of aromatic nitrogens is 3. The lowest BCUT2D eigenvalue weighted by Crippen LogP contribution is -2.25. The van der Waals surface area contributed by atoms with E-state index in [4.69, 9.17) is 9.47 Å². The molecule has 0 amide bonds. The highest BCUT2D eigenvalue weighted by atomic mass is 19.4. The third kappa shape index (κ3) is 5.98. The molecule has 1 aliphatic heterocycles. The van der Waals surface area contributed by atoms with Crippen LogP contribution in [0, 0.1) is 6.92 Å². The molecular formula is C28H28F3N5O3. The molecule has 2 heterocycles. The minimum absolute atomic E-state index is 0.147. The Labute approximate surface area is 223 Å². The predicted octanol–water partition coefficient (Wildman–Crippen LogP) is 5.95. The van der Waals surface area contributed by atoms with Crippen molar-refractivity contribution in [3.8, 4) is 28.4 Å². The van der Waals surface area contributed by atoms with Crippen molar-refractivity contribution in [2.45, 2.75) is 25.9 Å². The van der Waals surface area contributed by atoms with E-state index in [0.717, 1.165) is 37.8 Å². The summed E-state index contributed by atoms with van der Waals surface area (Å²) in [4.78, 5) is 6.90. The van der Waals surface area contributed by atoms with Crippen molar-refractivity contribution in [1.82, 2.24) is 20.1 Å². The highest BCUT2D eigenvalue weighted by Gasteiger charge is 2.34. The lowest BCUT2D eigenvalue weighted by atomic mass is 9.96. The number of nitrogens with zero attached hydrogens (tertiary/aromatic N) is 4. The molecule has 5 rings (SSSR count). The fraction of sp³-hybridized carbons (Fsp3) is 0.321. The van der Waals surface area contributed by atoms with Gasteiger partial charge >= 0.3 is 6.18 Å². The second kappa shape index (κ2) is 10.9. The van der Waals surface area contributed by atoms with Crippen LogP contribution in [0.2, 0.25) is 0 Å². The van der Waals surface area contributed by atoms with Crippen LogP contribution in [0.15, 0.2) is 48.5 Å². The van der Waals surface area contributed by atoms with Crippen molar-refractivity contribution >= 4 is 22.7 Å². The van der Waals surface area contributed by atoms with Gasteiger partial charge in [-0.1, -0.05) is 0 Å². The summed E-state index contributed by atoms with van der Waals surface area (Å²) < 4.78 is 52.2. The zero-order valence-electron chi connectivity index (χ0n) is 21.5. The normalized spacial score (nSPS) is 14.1. The third-order valence-electron chi connectivity index (χ3n) is 6.65. The summed E-state index contributed by atoms with van der Waals surface area (Å²) in [5.74, 6) is 1.14. The molecule has 0 aliphatic carbocycles. The second-order valence-electron chi connectivity index (χ2n) is 9.41. The molecular weight excluding hydrogens is 511 g/mol. The number of phenols is 1. The number of methoxy groups -OCH3 is 1. The SMILES string of the molecule is COc1cc(Nc2nnc3cc(-c4cc(O)ccc4C(F)(F)F)cc(C)c3n2)ccc1OCCN1CCCC1. The van der Waals surface area contributed by atoms with Crippen molar-refractivity contribution in [3.05, 3.63) is 59.7 Å². The molecule has 11 heteroatoms. The number of rotatable bonds is 8.